The summed E-state index contributed by atoms with van der Waals surface area (Å²) in [4.78, 5) is 19.5. The molecule has 0 radical (unpaired) electrons. The highest BCUT2D eigenvalue weighted by atomic mass is 19.1. The van der Waals surface area contributed by atoms with Gasteiger partial charge < -0.3 is 10.6 Å². The quantitative estimate of drug-likeness (QED) is 0.880. The Labute approximate surface area is 121 Å². The third-order valence-electron chi connectivity index (χ3n) is 3.46. The van der Waals surface area contributed by atoms with E-state index < -0.39 is 5.82 Å². The molecular formula is C15H15FN4O. The normalized spacial score (nSPS) is 14.8. The van der Waals surface area contributed by atoms with E-state index in [9.17, 15) is 9.18 Å². The summed E-state index contributed by atoms with van der Waals surface area (Å²) in [5, 5.41) is 0. The number of amides is 2. The summed E-state index contributed by atoms with van der Waals surface area (Å²) in [7, 11) is 0. The Morgan fingerprint density at radius 1 is 1.24 bits per heavy atom. The van der Waals surface area contributed by atoms with Gasteiger partial charge in [-0.2, -0.15) is 0 Å². The third kappa shape index (κ3) is 2.65. The molecule has 0 saturated carbocycles. The van der Waals surface area contributed by atoms with Crippen LogP contribution in [0.25, 0.3) is 0 Å². The van der Waals surface area contributed by atoms with Crippen molar-refractivity contribution in [2.24, 2.45) is 0 Å². The average Bonchev–Trinajstić information content (AvgIpc) is 2.81. The number of hydrogen-bond donors (Lipinski definition) is 1. The van der Waals surface area contributed by atoms with Gasteiger partial charge in [0.05, 0.1) is 17.6 Å². The lowest BCUT2D eigenvalue weighted by Gasteiger charge is -2.19. The van der Waals surface area contributed by atoms with Gasteiger partial charge in [-0.3, -0.25) is 9.88 Å². The number of rotatable bonds is 3. The van der Waals surface area contributed by atoms with Crippen molar-refractivity contribution in [3.05, 3.63) is 54.1 Å². The van der Waals surface area contributed by atoms with E-state index in [-0.39, 0.29) is 6.03 Å². The molecule has 1 saturated heterocycles. The van der Waals surface area contributed by atoms with Crippen molar-refractivity contribution >= 4 is 17.4 Å². The molecule has 1 aromatic carbocycles. The van der Waals surface area contributed by atoms with Crippen LogP contribution in [0, 0.1) is 5.82 Å². The van der Waals surface area contributed by atoms with Gasteiger partial charge in [0.2, 0.25) is 0 Å². The Morgan fingerprint density at radius 3 is 2.81 bits per heavy atom. The second kappa shape index (κ2) is 5.40. The van der Waals surface area contributed by atoms with Gasteiger partial charge in [0.25, 0.3) is 0 Å². The van der Waals surface area contributed by atoms with Crippen LogP contribution in [0.1, 0.15) is 5.56 Å². The van der Waals surface area contributed by atoms with Gasteiger partial charge in [0.15, 0.2) is 0 Å². The number of anilines is 2. The SMILES string of the molecule is Nc1ccccc1N1CCN(Cc2cncc(F)c2)C1=O. The van der Waals surface area contributed by atoms with Gasteiger partial charge in [-0.05, 0) is 23.8 Å². The van der Waals surface area contributed by atoms with Crippen LogP contribution < -0.4 is 10.6 Å². The average molecular weight is 286 g/mol. The van der Waals surface area contributed by atoms with E-state index in [0.29, 0.717) is 36.6 Å². The maximum atomic E-state index is 13.1. The molecule has 0 spiro atoms. The topological polar surface area (TPSA) is 62.5 Å². The van der Waals surface area contributed by atoms with Crippen molar-refractivity contribution in [1.82, 2.24) is 9.88 Å². The van der Waals surface area contributed by atoms with E-state index >= 15 is 0 Å². The number of pyridine rings is 1. The molecular weight excluding hydrogens is 271 g/mol. The molecule has 0 aliphatic carbocycles. The second-order valence-corrected chi connectivity index (χ2v) is 4.93. The highest BCUT2D eigenvalue weighted by Gasteiger charge is 2.30. The van der Waals surface area contributed by atoms with Crippen LogP contribution >= 0.6 is 0 Å². The molecule has 1 aliphatic rings. The van der Waals surface area contributed by atoms with Crippen molar-refractivity contribution in [2.45, 2.75) is 6.54 Å². The second-order valence-electron chi connectivity index (χ2n) is 4.93. The lowest BCUT2D eigenvalue weighted by molar-refractivity contribution is 0.218. The number of aromatic nitrogens is 1. The Kier molecular flexibility index (Phi) is 3.43. The number of carbonyl (C=O) groups excluding carboxylic acids is 1. The van der Waals surface area contributed by atoms with Crippen LogP contribution in [-0.4, -0.2) is 29.0 Å². The third-order valence-corrected chi connectivity index (χ3v) is 3.46. The molecule has 108 valence electrons. The van der Waals surface area contributed by atoms with Gasteiger partial charge in [-0.1, -0.05) is 12.1 Å². The van der Waals surface area contributed by atoms with Crippen molar-refractivity contribution in [3.63, 3.8) is 0 Å². The predicted molar refractivity (Wildman–Crippen MR) is 78.2 cm³/mol. The molecule has 0 bridgehead atoms. The Bertz CT molecular complexity index is 676. The van der Waals surface area contributed by atoms with Crippen molar-refractivity contribution in [1.29, 1.82) is 0 Å². The molecule has 6 heteroatoms. The molecule has 1 aromatic heterocycles. The van der Waals surface area contributed by atoms with E-state index in [0.717, 1.165) is 6.20 Å². The highest BCUT2D eigenvalue weighted by Crippen LogP contribution is 2.26. The summed E-state index contributed by atoms with van der Waals surface area (Å²) in [6.45, 7) is 1.48. The van der Waals surface area contributed by atoms with Crippen LogP contribution in [0.4, 0.5) is 20.6 Å². The summed E-state index contributed by atoms with van der Waals surface area (Å²) < 4.78 is 13.1. The largest absolute Gasteiger partial charge is 0.397 e. The molecule has 3 rings (SSSR count). The zero-order chi connectivity index (χ0) is 14.8. The van der Waals surface area contributed by atoms with Crippen molar-refractivity contribution < 1.29 is 9.18 Å². The number of hydrogen-bond acceptors (Lipinski definition) is 3. The monoisotopic (exact) mass is 286 g/mol. The number of urea groups is 1. The minimum atomic E-state index is -0.400. The Balaban J connectivity index is 1.76. The number of para-hydroxylation sites is 2. The van der Waals surface area contributed by atoms with E-state index in [1.165, 1.54) is 6.07 Å². The lowest BCUT2D eigenvalue weighted by Crippen LogP contribution is -2.31. The Morgan fingerprint density at radius 2 is 2.05 bits per heavy atom. The number of halogens is 1. The minimum absolute atomic E-state index is 0.128. The van der Waals surface area contributed by atoms with Crippen LogP contribution in [0.5, 0.6) is 0 Å². The van der Waals surface area contributed by atoms with Crippen molar-refractivity contribution in [2.75, 3.05) is 23.7 Å². The zero-order valence-corrected chi connectivity index (χ0v) is 11.4. The molecule has 2 amide bonds. The Hall–Kier alpha value is -2.63. The van der Waals surface area contributed by atoms with Gasteiger partial charge in [-0.25, -0.2) is 9.18 Å². The molecule has 21 heavy (non-hydrogen) atoms. The summed E-state index contributed by atoms with van der Waals surface area (Å²) >= 11 is 0. The standard InChI is InChI=1S/C15H15FN4O/c16-12-7-11(8-18-9-12)10-19-5-6-20(15(19)21)14-4-2-1-3-13(14)17/h1-4,7-9H,5-6,10,17H2. The van der Waals surface area contributed by atoms with Gasteiger partial charge in [0, 0.05) is 25.8 Å². The first-order valence-corrected chi connectivity index (χ1v) is 6.65. The van der Waals surface area contributed by atoms with E-state index in [1.807, 2.05) is 18.2 Å². The van der Waals surface area contributed by atoms with Crippen LogP contribution in [0.2, 0.25) is 0 Å². The minimum Gasteiger partial charge on any atom is -0.397 e. The summed E-state index contributed by atoms with van der Waals surface area (Å²) in [6, 6.07) is 8.52. The van der Waals surface area contributed by atoms with Crippen LogP contribution in [0.15, 0.2) is 42.7 Å². The van der Waals surface area contributed by atoms with Crippen LogP contribution in [-0.2, 0) is 6.54 Å². The van der Waals surface area contributed by atoms with Gasteiger partial charge in [0.1, 0.15) is 5.82 Å². The zero-order valence-electron chi connectivity index (χ0n) is 11.4. The first-order chi connectivity index (χ1) is 10.1. The lowest BCUT2D eigenvalue weighted by atomic mass is 10.2. The van der Waals surface area contributed by atoms with Gasteiger partial charge >= 0.3 is 6.03 Å². The molecule has 0 unspecified atom stereocenters. The highest BCUT2D eigenvalue weighted by molar-refractivity contribution is 5.96. The molecule has 1 fully saturated rings. The fourth-order valence-electron chi connectivity index (χ4n) is 2.45. The fraction of sp³-hybridized carbons (Fsp3) is 0.200. The van der Waals surface area contributed by atoms with E-state index in [4.69, 9.17) is 5.73 Å². The molecule has 0 atom stereocenters. The number of nitrogens with zero attached hydrogens (tertiary/aromatic N) is 3. The fourth-order valence-corrected chi connectivity index (χ4v) is 2.45. The molecule has 2 heterocycles. The van der Waals surface area contributed by atoms with E-state index in [1.54, 1.807) is 22.1 Å². The first-order valence-electron chi connectivity index (χ1n) is 6.65. The maximum absolute atomic E-state index is 13.1. The first kappa shape index (κ1) is 13.4. The van der Waals surface area contributed by atoms with E-state index in [2.05, 4.69) is 4.98 Å². The molecule has 2 N–H and O–H groups in total. The van der Waals surface area contributed by atoms with Gasteiger partial charge in [-0.15, -0.1) is 0 Å². The number of nitrogens with two attached hydrogens (primary N) is 1. The number of benzene rings is 1. The van der Waals surface area contributed by atoms with Crippen molar-refractivity contribution in [3.8, 4) is 0 Å². The summed E-state index contributed by atoms with van der Waals surface area (Å²) in [5.74, 6) is -0.400. The number of nitrogen functional groups attached to an aromatic ring is 1. The number of carbonyl (C=O) groups is 1. The predicted octanol–water partition coefficient (Wildman–Crippen LogP) is 2.25. The molecule has 5 nitrogen and oxygen atoms in total. The smallest absolute Gasteiger partial charge is 0.324 e. The maximum Gasteiger partial charge on any atom is 0.324 e. The molecule has 1 aliphatic heterocycles. The molecule has 2 aromatic rings. The summed E-state index contributed by atoms with van der Waals surface area (Å²) in [6.07, 6.45) is 2.71. The van der Waals surface area contributed by atoms with Crippen LogP contribution in [0.3, 0.4) is 0 Å². The summed E-state index contributed by atoms with van der Waals surface area (Å²) in [5.41, 5.74) is 7.86.